The van der Waals surface area contributed by atoms with Gasteiger partial charge in [-0.2, -0.15) is 5.48 Å². The van der Waals surface area contributed by atoms with Crippen molar-refractivity contribution >= 4 is 23.9 Å². The average molecular weight is 628 g/mol. The number of hydrogen-bond donors (Lipinski definition) is 4. The van der Waals surface area contributed by atoms with Gasteiger partial charge in [0.15, 0.2) is 5.82 Å². The molecule has 0 spiro atoms. The summed E-state index contributed by atoms with van der Waals surface area (Å²) in [5.41, 5.74) is 5.62. The first-order chi connectivity index (χ1) is 21.9. The first-order valence-electron chi connectivity index (χ1n) is 15.1. The van der Waals surface area contributed by atoms with Crippen LogP contribution in [0, 0.1) is 17.6 Å². The monoisotopic (exact) mass is 627 g/mol. The highest BCUT2D eigenvalue weighted by atomic mass is 19.1. The maximum atomic E-state index is 13.9. The Balaban J connectivity index is 0.00000271. The fourth-order valence-corrected chi connectivity index (χ4v) is 5.03. The molecule has 2 unspecified atom stereocenters. The first kappa shape index (κ1) is 35.3. The maximum absolute atomic E-state index is 13.9. The summed E-state index contributed by atoms with van der Waals surface area (Å²) in [5.74, 6) is -0.222. The molecule has 0 saturated carbocycles. The minimum atomic E-state index is -0.632. The van der Waals surface area contributed by atoms with Crippen LogP contribution in [0.4, 0.5) is 25.1 Å². The minimum Gasteiger partial charge on any atom is -0.378 e. The number of hydrogen-bond acceptors (Lipinski definition) is 8. The van der Waals surface area contributed by atoms with Crippen LogP contribution >= 0.6 is 0 Å². The second-order valence-electron chi connectivity index (χ2n) is 10.1. The van der Waals surface area contributed by atoms with Crippen molar-refractivity contribution in [1.82, 2.24) is 26.1 Å². The van der Waals surface area contributed by atoms with Crippen LogP contribution in [0.25, 0.3) is 11.4 Å². The molecular formula is C32H43F2N7O4. The largest absolute Gasteiger partial charge is 0.378 e. The lowest BCUT2D eigenvalue weighted by Gasteiger charge is -2.31. The summed E-state index contributed by atoms with van der Waals surface area (Å²) in [5, 5.41) is 7.96. The number of nitrogens with zero attached hydrogens (tertiary/aromatic N) is 3. The van der Waals surface area contributed by atoms with Crippen molar-refractivity contribution in [1.29, 1.82) is 0 Å². The molecule has 45 heavy (non-hydrogen) atoms. The van der Waals surface area contributed by atoms with Crippen molar-refractivity contribution in [3.05, 3.63) is 71.4 Å². The molecule has 244 valence electrons. The van der Waals surface area contributed by atoms with Gasteiger partial charge in [-0.3, -0.25) is 4.79 Å². The number of carbonyl (C=O) groups excluding carboxylic acids is 2. The third kappa shape index (κ3) is 10.7. The molecule has 1 saturated heterocycles. The van der Waals surface area contributed by atoms with Crippen molar-refractivity contribution in [3.63, 3.8) is 0 Å². The van der Waals surface area contributed by atoms with Gasteiger partial charge >= 0.3 is 6.03 Å². The zero-order valence-corrected chi connectivity index (χ0v) is 26.2. The Morgan fingerprint density at radius 3 is 2.36 bits per heavy atom. The van der Waals surface area contributed by atoms with Crippen molar-refractivity contribution in [3.8, 4) is 11.4 Å². The molecule has 1 fully saturated rings. The van der Waals surface area contributed by atoms with Gasteiger partial charge in [0.2, 0.25) is 6.41 Å². The highest BCUT2D eigenvalue weighted by Crippen LogP contribution is 2.32. The Bertz CT molecular complexity index is 1340. The molecule has 1 aliphatic rings. The van der Waals surface area contributed by atoms with E-state index < -0.39 is 17.7 Å². The fraction of sp³-hybridized carbons (Fsp3) is 0.438. The average Bonchev–Trinajstić information content (AvgIpc) is 3.06. The molecule has 0 radical (unpaired) electrons. The Morgan fingerprint density at radius 2 is 1.73 bits per heavy atom. The Hall–Kier alpha value is -4.20. The number of hydroxylamine groups is 1. The molecule has 2 heterocycles. The highest BCUT2D eigenvalue weighted by molar-refractivity contribution is 5.89. The normalized spacial score (nSPS) is 14.0. The van der Waals surface area contributed by atoms with Crippen molar-refractivity contribution < 1.29 is 27.9 Å². The van der Waals surface area contributed by atoms with Crippen LogP contribution in [0.2, 0.25) is 0 Å². The van der Waals surface area contributed by atoms with E-state index in [4.69, 9.17) is 19.5 Å². The molecule has 0 aliphatic carbocycles. The number of urea groups is 1. The number of amides is 3. The number of ether oxygens (including phenoxy) is 1. The Morgan fingerprint density at radius 1 is 1.04 bits per heavy atom. The Labute approximate surface area is 263 Å². The molecule has 3 aromatic rings. The van der Waals surface area contributed by atoms with Gasteiger partial charge in [0.25, 0.3) is 0 Å². The lowest BCUT2D eigenvalue weighted by atomic mass is 9.88. The van der Waals surface area contributed by atoms with Gasteiger partial charge in [-0.05, 0) is 67.1 Å². The van der Waals surface area contributed by atoms with E-state index >= 15 is 0 Å². The van der Waals surface area contributed by atoms with Crippen molar-refractivity contribution in [2.45, 2.75) is 39.2 Å². The fourth-order valence-electron chi connectivity index (χ4n) is 5.03. The number of aromatic nitrogens is 2. The summed E-state index contributed by atoms with van der Waals surface area (Å²) in [7, 11) is 3.05. The number of morpholine rings is 1. The van der Waals surface area contributed by atoms with E-state index in [1.165, 1.54) is 19.2 Å². The summed E-state index contributed by atoms with van der Waals surface area (Å²) >= 11 is 0. The predicted molar refractivity (Wildman–Crippen MR) is 170 cm³/mol. The van der Waals surface area contributed by atoms with E-state index in [1.54, 1.807) is 19.2 Å². The van der Waals surface area contributed by atoms with Gasteiger partial charge in [0.05, 0.1) is 32.1 Å². The third-order valence-corrected chi connectivity index (χ3v) is 7.20. The zero-order valence-electron chi connectivity index (χ0n) is 26.2. The van der Waals surface area contributed by atoms with Crippen molar-refractivity contribution in [2.24, 2.45) is 5.92 Å². The summed E-state index contributed by atoms with van der Waals surface area (Å²) in [6.07, 6.45) is 2.11. The summed E-state index contributed by atoms with van der Waals surface area (Å²) < 4.78 is 33.3. The summed E-state index contributed by atoms with van der Waals surface area (Å²) in [6, 6.07) is 11.8. The molecular weight excluding hydrogens is 584 g/mol. The number of aryl methyl sites for hydroxylation is 1. The predicted octanol–water partition coefficient (Wildman–Crippen LogP) is 4.61. The van der Waals surface area contributed by atoms with Crippen LogP contribution in [0.3, 0.4) is 0 Å². The van der Waals surface area contributed by atoms with Gasteiger partial charge in [-0.15, -0.1) is 0 Å². The van der Waals surface area contributed by atoms with Gasteiger partial charge in [-0.1, -0.05) is 13.8 Å². The summed E-state index contributed by atoms with van der Waals surface area (Å²) in [6.45, 7) is 6.84. The molecule has 1 aromatic heterocycles. The molecule has 2 aromatic carbocycles. The SMILES string of the molecule is CC.CNC(=O)Nc1ccc(-c2nc(C(NOC)C(CCNC=O)CCc3cc(F)cc(F)c3)cc(N3CCOCC3)n2)cc1. The van der Waals surface area contributed by atoms with Crippen LogP contribution in [0.15, 0.2) is 48.5 Å². The molecule has 13 heteroatoms. The third-order valence-electron chi connectivity index (χ3n) is 7.20. The van der Waals surface area contributed by atoms with E-state index in [1.807, 2.05) is 32.0 Å². The highest BCUT2D eigenvalue weighted by Gasteiger charge is 2.27. The van der Waals surface area contributed by atoms with Crippen LogP contribution in [-0.2, 0) is 20.8 Å². The van der Waals surface area contributed by atoms with Crippen LogP contribution in [-0.4, -0.2) is 69.4 Å². The molecule has 11 nitrogen and oxygen atoms in total. The number of halogens is 2. The van der Waals surface area contributed by atoms with Crippen LogP contribution in [0.5, 0.6) is 0 Å². The van der Waals surface area contributed by atoms with Gasteiger partial charge in [-0.25, -0.2) is 23.5 Å². The lowest BCUT2D eigenvalue weighted by molar-refractivity contribution is -0.109. The second kappa shape index (κ2) is 18.6. The number of anilines is 2. The quantitative estimate of drug-likeness (QED) is 0.116. The Kier molecular flexibility index (Phi) is 14.6. The summed E-state index contributed by atoms with van der Waals surface area (Å²) in [4.78, 5) is 40.1. The number of benzene rings is 2. The number of nitrogens with one attached hydrogen (secondary N) is 4. The van der Waals surface area contributed by atoms with E-state index in [0.29, 0.717) is 81.3 Å². The van der Waals surface area contributed by atoms with Gasteiger partial charge in [0.1, 0.15) is 17.5 Å². The number of carbonyl (C=O) groups is 2. The molecule has 4 rings (SSSR count). The zero-order chi connectivity index (χ0) is 32.6. The van der Waals surface area contributed by atoms with E-state index in [0.717, 1.165) is 17.4 Å². The van der Waals surface area contributed by atoms with E-state index in [-0.39, 0.29) is 11.9 Å². The molecule has 2 atom stereocenters. The van der Waals surface area contributed by atoms with Crippen molar-refractivity contribution in [2.75, 3.05) is 57.2 Å². The first-order valence-corrected chi connectivity index (χ1v) is 15.1. The smallest absolute Gasteiger partial charge is 0.318 e. The molecule has 0 bridgehead atoms. The lowest BCUT2D eigenvalue weighted by Crippen LogP contribution is -2.37. The van der Waals surface area contributed by atoms with E-state index in [2.05, 4.69) is 26.3 Å². The van der Waals surface area contributed by atoms with Gasteiger partial charge < -0.3 is 30.4 Å². The van der Waals surface area contributed by atoms with E-state index in [9.17, 15) is 18.4 Å². The molecule has 1 aliphatic heterocycles. The second-order valence-corrected chi connectivity index (χ2v) is 10.1. The van der Waals surface area contributed by atoms with Crippen LogP contribution in [0.1, 0.15) is 44.0 Å². The van der Waals surface area contributed by atoms with Gasteiger partial charge in [0, 0.05) is 50.1 Å². The minimum absolute atomic E-state index is 0.154. The topological polar surface area (TPSA) is 130 Å². The molecule has 4 N–H and O–H groups in total. The maximum Gasteiger partial charge on any atom is 0.318 e. The number of rotatable bonds is 14. The van der Waals surface area contributed by atoms with Crippen LogP contribution < -0.4 is 26.3 Å². The molecule has 3 amide bonds. The standard InChI is InChI=1S/C30H37F2N7O4.C2H6/c1-33-30(41)35-25-7-5-22(6-8-25)29-36-26(18-27(37-29)39-11-13-43-14-12-39)28(38-42-2)21(9-10-34-19-40)4-3-20-15-23(31)17-24(32)16-20;1-2/h5-8,15-19,21,28,38H,3-4,9-14H2,1-2H3,(H,34,40)(H2,33,35,41);1-2H3.